The van der Waals surface area contributed by atoms with E-state index in [0.29, 0.717) is 0 Å². The third-order valence-electron chi connectivity index (χ3n) is 0.355. The summed E-state index contributed by atoms with van der Waals surface area (Å²) in [5.41, 5.74) is 0. The Morgan fingerprint density at radius 1 is 1.44 bits per heavy atom. The minimum absolute atomic E-state index is 0.880. The van der Waals surface area contributed by atoms with E-state index in [4.69, 9.17) is 5.11 Å². The minimum Gasteiger partial charge on any atom is -0.365 e. The summed E-state index contributed by atoms with van der Waals surface area (Å²) in [6.07, 6.45) is 0.880. The minimum atomic E-state index is -3.53. The first kappa shape index (κ1) is 8.87. The fraction of sp³-hybridized carbons (Fsp3) is 1.00. The van der Waals surface area contributed by atoms with Crippen LogP contribution in [0.1, 0.15) is 13.8 Å². The number of hydrogen-bond donors (Lipinski definition) is 1. The van der Waals surface area contributed by atoms with Crippen LogP contribution in [0, 0.1) is 0 Å². The van der Waals surface area contributed by atoms with Gasteiger partial charge in [0.25, 0.3) is 10.1 Å². The monoisotopic (exact) mass is 154 g/mol. The first-order valence-corrected chi connectivity index (χ1v) is 4.15. The van der Waals surface area contributed by atoms with Crippen LogP contribution in [0.5, 0.6) is 0 Å². The number of aliphatic hydroxyl groups is 1. The molecule has 0 spiro atoms. The van der Waals surface area contributed by atoms with Crippen molar-refractivity contribution in [1.29, 1.82) is 0 Å². The summed E-state index contributed by atoms with van der Waals surface area (Å²) in [5.74, 6) is -1.60. The normalized spacial score (nSPS) is 13.8. The number of hydrogen-bond acceptors (Lipinski definition) is 4. The number of rotatable bonds is 2. The highest BCUT2D eigenvalue weighted by atomic mass is 32.2. The first-order chi connectivity index (χ1) is 3.71. The van der Waals surface area contributed by atoms with Crippen LogP contribution in [-0.2, 0) is 14.3 Å². The molecule has 0 saturated carbocycles. The Labute approximate surface area is 54.6 Å². The average molecular weight is 154 g/mol. The van der Waals surface area contributed by atoms with Crippen molar-refractivity contribution in [2.75, 3.05) is 6.26 Å². The van der Waals surface area contributed by atoms with Crippen molar-refractivity contribution < 1.29 is 17.7 Å². The Balaban J connectivity index is 4.07. The largest absolute Gasteiger partial charge is 0.365 e. The van der Waals surface area contributed by atoms with Gasteiger partial charge in [0.05, 0.1) is 6.26 Å². The van der Waals surface area contributed by atoms with Gasteiger partial charge < -0.3 is 5.11 Å². The van der Waals surface area contributed by atoms with Crippen molar-refractivity contribution in [2.45, 2.75) is 19.6 Å². The average Bonchev–Trinajstić information content (AvgIpc) is 1.14. The second-order valence-corrected chi connectivity index (χ2v) is 3.81. The molecule has 1 N–H and O–H groups in total. The summed E-state index contributed by atoms with van der Waals surface area (Å²) in [6, 6.07) is 0. The second kappa shape index (κ2) is 2.24. The van der Waals surface area contributed by atoms with Gasteiger partial charge in [-0.3, -0.25) is 0 Å². The van der Waals surface area contributed by atoms with Crippen molar-refractivity contribution in [3.05, 3.63) is 0 Å². The van der Waals surface area contributed by atoms with Crippen LogP contribution < -0.4 is 0 Å². The van der Waals surface area contributed by atoms with Crippen molar-refractivity contribution >= 4 is 10.1 Å². The van der Waals surface area contributed by atoms with Gasteiger partial charge in [-0.1, -0.05) is 0 Å². The van der Waals surface area contributed by atoms with Crippen molar-refractivity contribution in [3.63, 3.8) is 0 Å². The molecule has 0 atom stereocenters. The molecule has 0 radical (unpaired) electrons. The molecule has 0 heterocycles. The third-order valence-corrected chi connectivity index (χ3v) is 1.07. The molecule has 4 nitrogen and oxygen atoms in total. The maximum absolute atomic E-state index is 10.3. The fourth-order valence-corrected chi connectivity index (χ4v) is 1.11. The lowest BCUT2D eigenvalue weighted by Gasteiger charge is -2.14. The zero-order valence-corrected chi connectivity index (χ0v) is 6.40. The SMILES string of the molecule is CC(C)(O)OS(C)(=O)=O. The van der Waals surface area contributed by atoms with Crippen LogP contribution >= 0.6 is 0 Å². The molecule has 0 rings (SSSR count). The smallest absolute Gasteiger partial charge is 0.267 e. The van der Waals surface area contributed by atoms with E-state index >= 15 is 0 Å². The maximum atomic E-state index is 10.3. The van der Waals surface area contributed by atoms with Crippen LogP contribution in [0.25, 0.3) is 0 Å². The van der Waals surface area contributed by atoms with Gasteiger partial charge in [-0.05, 0) is 13.8 Å². The predicted molar refractivity (Wildman–Crippen MR) is 32.2 cm³/mol. The molecule has 5 heteroatoms. The Morgan fingerprint density at radius 3 is 1.78 bits per heavy atom. The summed E-state index contributed by atoms with van der Waals surface area (Å²) in [7, 11) is -3.53. The second-order valence-electron chi connectivity index (χ2n) is 2.23. The van der Waals surface area contributed by atoms with Crippen LogP contribution in [-0.4, -0.2) is 25.6 Å². The van der Waals surface area contributed by atoms with Gasteiger partial charge in [-0.25, -0.2) is 4.18 Å². The molecule has 9 heavy (non-hydrogen) atoms. The van der Waals surface area contributed by atoms with E-state index in [-0.39, 0.29) is 0 Å². The van der Waals surface area contributed by atoms with Crippen molar-refractivity contribution in [1.82, 2.24) is 0 Å². The van der Waals surface area contributed by atoms with E-state index in [1.807, 2.05) is 0 Å². The van der Waals surface area contributed by atoms with E-state index < -0.39 is 15.9 Å². The summed E-state index contributed by atoms with van der Waals surface area (Å²) in [4.78, 5) is 0. The third kappa shape index (κ3) is 7.87. The molecule has 56 valence electrons. The van der Waals surface area contributed by atoms with Crippen LogP contribution in [0.4, 0.5) is 0 Å². The van der Waals surface area contributed by atoms with Crippen molar-refractivity contribution in [2.24, 2.45) is 0 Å². The Kier molecular flexibility index (Phi) is 2.21. The molecule has 0 amide bonds. The zero-order valence-electron chi connectivity index (χ0n) is 5.58. The standard InChI is InChI=1S/C4H10O4S/c1-4(2,5)8-9(3,6)7/h5H,1-3H3. The van der Waals surface area contributed by atoms with Gasteiger partial charge in [-0.2, -0.15) is 8.42 Å². The zero-order chi connectivity index (χ0) is 7.71. The highest BCUT2D eigenvalue weighted by molar-refractivity contribution is 7.86. The summed E-state index contributed by atoms with van der Waals surface area (Å²) in [6.45, 7) is 2.49. The van der Waals surface area contributed by atoms with Gasteiger partial charge in [0, 0.05) is 0 Å². The lowest BCUT2D eigenvalue weighted by atomic mass is 10.4. The fourth-order valence-electron chi connectivity index (χ4n) is 0.370. The molecule has 0 aromatic rings. The summed E-state index contributed by atoms with van der Waals surface area (Å²) < 4.78 is 24.7. The highest BCUT2D eigenvalue weighted by Gasteiger charge is 2.18. The molecular weight excluding hydrogens is 144 g/mol. The van der Waals surface area contributed by atoms with Crippen LogP contribution in [0.2, 0.25) is 0 Å². The van der Waals surface area contributed by atoms with Gasteiger partial charge >= 0.3 is 0 Å². The predicted octanol–water partition coefficient (Wildman–Crippen LogP) is -0.309. The first-order valence-electron chi connectivity index (χ1n) is 2.34. The topological polar surface area (TPSA) is 63.6 Å². The molecule has 0 aromatic heterocycles. The molecule has 0 aliphatic carbocycles. The molecule has 0 fully saturated rings. The van der Waals surface area contributed by atoms with Gasteiger partial charge in [0.2, 0.25) is 0 Å². The van der Waals surface area contributed by atoms with Gasteiger partial charge in [0.15, 0.2) is 5.79 Å². The summed E-state index contributed by atoms with van der Waals surface area (Å²) >= 11 is 0. The van der Waals surface area contributed by atoms with Crippen molar-refractivity contribution in [3.8, 4) is 0 Å². The van der Waals surface area contributed by atoms with E-state index in [9.17, 15) is 8.42 Å². The van der Waals surface area contributed by atoms with Gasteiger partial charge in [0.1, 0.15) is 0 Å². The molecule has 0 aliphatic heterocycles. The Morgan fingerprint density at radius 2 is 1.78 bits per heavy atom. The molecule has 0 aliphatic rings. The highest BCUT2D eigenvalue weighted by Crippen LogP contribution is 2.06. The summed E-state index contributed by atoms with van der Waals surface area (Å²) in [5, 5.41) is 8.75. The van der Waals surface area contributed by atoms with E-state index in [0.717, 1.165) is 6.26 Å². The van der Waals surface area contributed by atoms with Crippen LogP contribution in [0.3, 0.4) is 0 Å². The molecule has 0 saturated heterocycles. The van der Waals surface area contributed by atoms with Gasteiger partial charge in [-0.15, -0.1) is 0 Å². The van der Waals surface area contributed by atoms with Crippen LogP contribution in [0.15, 0.2) is 0 Å². The van der Waals surface area contributed by atoms with E-state index in [1.54, 1.807) is 0 Å². The maximum Gasteiger partial charge on any atom is 0.267 e. The molecule has 0 bridgehead atoms. The molecular formula is C4H10O4S. The van der Waals surface area contributed by atoms with E-state index in [1.165, 1.54) is 13.8 Å². The molecule has 0 unspecified atom stereocenters. The quantitative estimate of drug-likeness (QED) is 0.438. The van der Waals surface area contributed by atoms with E-state index in [2.05, 4.69) is 4.18 Å². The lowest BCUT2D eigenvalue weighted by Crippen LogP contribution is -2.26. The lowest BCUT2D eigenvalue weighted by molar-refractivity contribution is -0.0988. The Bertz CT molecular complexity index is 173. The molecule has 0 aromatic carbocycles. The Hall–Kier alpha value is -0.130.